The molecule has 0 spiro atoms. The third kappa shape index (κ3) is 1.97. The van der Waals surface area contributed by atoms with Crippen LogP contribution in [-0.4, -0.2) is 18.7 Å². The van der Waals surface area contributed by atoms with Crippen molar-refractivity contribution in [3.8, 4) is 0 Å². The largest absolute Gasteiger partial charge is 0.370 e. The number of benzene rings is 1. The molecule has 2 rings (SSSR count). The fourth-order valence-electron chi connectivity index (χ4n) is 1.82. The van der Waals surface area contributed by atoms with Crippen LogP contribution in [0.4, 0.5) is 0 Å². The van der Waals surface area contributed by atoms with Gasteiger partial charge in [-0.25, -0.2) is 0 Å². The first-order chi connectivity index (χ1) is 6.77. The lowest BCUT2D eigenvalue weighted by molar-refractivity contribution is -0.0922. The minimum Gasteiger partial charge on any atom is -0.370 e. The standard InChI is InChI=1S/C12H17NO/c1-9(2)13-11-8-14-12(11)10-6-4-3-5-7-10/h3-7,9,11-13H,8H2,1-2H3. The quantitative estimate of drug-likeness (QED) is 0.790. The Labute approximate surface area is 85.3 Å². The summed E-state index contributed by atoms with van der Waals surface area (Å²) >= 11 is 0. The minimum atomic E-state index is 0.249. The molecule has 0 radical (unpaired) electrons. The summed E-state index contributed by atoms with van der Waals surface area (Å²) in [6, 6.07) is 11.4. The first kappa shape index (κ1) is 9.69. The molecule has 0 aromatic heterocycles. The smallest absolute Gasteiger partial charge is 0.100 e. The predicted molar refractivity (Wildman–Crippen MR) is 57.2 cm³/mol. The zero-order chi connectivity index (χ0) is 9.97. The lowest BCUT2D eigenvalue weighted by atomic mass is 9.98. The summed E-state index contributed by atoms with van der Waals surface area (Å²) in [6.07, 6.45) is 0.249. The van der Waals surface area contributed by atoms with Crippen LogP contribution < -0.4 is 5.32 Å². The molecular weight excluding hydrogens is 174 g/mol. The lowest BCUT2D eigenvalue weighted by Crippen LogP contribution is -2.50. The number of ether oxygens (including phenoxy) is 1. The van der Waals surface area contributed by atoms with Crippen molar-refractivity contribution in [1.29, 1.82) is 0 Å². The molecule has 2 unspecified atom stereocenters. The Hall–Kier alpha value is -0.860. The van der Waals surface area contributed by atoms with Gasteiger partial charge in [0.1, 0.15) is 6.10 Å². The molecule has 1 N–H and O–H groups in total. The van der Waals surface area contributed by atoms with Gasteiger partial charge >= 0.3 is 0 Å². The van der Waals surface area contributed by atoms with Gasteiger partial charge in [-0.1, -0.05) is 44.2 Å². The molecule has 0 amide bonds. The van der Waals surface area contributed by atoms with Crippen molar-refractivity contribution < 1.29 is 4.74 Å². The van der Waals surface area contributed by atoms with Crippen LogP contribution in [0.15, 0.2) is 30.3 Å². The van der Waals surface area contributed by atoms with Gasteiger partial charge < -0.3 is 10.1 Å². The van der Waals surface area contributed by atoms with Gasteiger partial charge in [-0.2, -0.15) is 0 Å². The normalized spacial score (nSPS) is 26.2. The van der Waals surface area contributed by atoms with Crippen LogP contribution in [0, 0.1) is 0 Å². The van der Waals surface area contributed by atoms with Gasteiger partial charge in [-0.15, -0.1) is 0 Å². The molecule has 1 aliphatic rings. The van der Waals surface area contributed by atoms with Gasteiger partial charge in [-0.3, -0.25) is 0 Å². The fourth-order valence-corrected chi connectivity index (χ4v) is 1.82. The maximum atomic E-state index is 5.57. The zero-order valence-electron chi connectivity index (χ0n) is 8.73. The lowest BCUT2D eigenvalue weighted by Gasteiger charge is -2.39. The third-order valence-electron chi connectivity index (χ3n) is 2.50. The highest BCUT2D eigenvalue weighted by Crippen LogP contribution is 2.29. The minimum absolute atomic E-state index is 0.249. The Kier molecular flexibility index (Phi) is 2.85. The second-order valence-electron chi connectivity index (χ2n) is 4.09. The van der Waals surface area contributed by atoms with Crippen molar-refractivity contribution in [2.75, 3.05) is 6.61 Å². The highest BCUT2D eigenvalue weighted by molar-refractivity contribution is 5.21. The Morgan fingerprint density at radius 2 is 2.00 bits per heavy atom. The number of rotatable bonds is 3. The summed E-state index contributed by atoms with van der Waals surface area (Å²) in [5.41, 5.74) is 1.27. The van der Waals surface area contributed by atoms with E-state index in [-0.39, 0.29) is 6.10 Å². The summed E-state index contributed by atoms with van der Waals surface area (Å²) in [6.45, 7) is 5.17. The molecular formula is C12H17NO. The van der Waals surface area contributed by atoms with Crippen LogP contribution in [0.3, 0.4) is 0 Å². The monoisotopic (exact) mass is 191 g/mol. The summed E-state index contributed by atoms with van der Waals surface area (Å²) in [5, 5.41) is 3.50. The molecule has 0 saturated carbocycles. The topological polar surface area (TPSA) is 21.3 Å². The molecule has 2 heteroatoms. The number of hydrogen-bond acceptors (Lipinski definition) is 2. The van der Waals surface area contributed by atoms with Crippen LogP contribution in [0.5, 0.6) is 0 Å². The van der Waals surface area contributed by atoms with Gasteiger partial charge in [0.25, 0.3) is 0 Å². The van der Waals surface area contributed by atoms with E-state index in [2.05, 4.69) is 43.4 Å². The second-order valence-corrected chi connectivity index (χ2v) is 4.09. The first-order valence-corrected chi connectivity index (χ1v) is 5.20. The maximum Gasteiger partial charge on any atom is 0.100 e. The molecule has 1 fully saturated rings. The van der Waals surface area contributed by atoms with E-state index in [9.17, 15) is 0 Å². The van der Waals surface area contributed by atoms with Crippen LogP contribution in [0.25, 0.3) is 0 Å². The first-order valence-electron chi connectivity index (χ1n) is 5.20. The second kappa shape index (κ2) is 4.11. The zero-order valence-corrected chi connectivity index (χ0v) is 8.73. The van der Waals surface area contributed by atoms with Crippen LogP contribution in [-0.2, 0) is 4.74 Å². The van der Waals surface area contributed by atoms with Gasteiger partial charge in [-0.05, 0) is 5.56 Å². The van der Waals surface area contributed by atoms with Crippen molar-refractivity contribution in [2.45, 2.75) is 32.0 Å². The molecule has 1 aromatic carbocycles. The molecule has 1 aliphatic heterocycles. The SMILES string of the molecule is CC(C)NC1COC1c1ccccc1. The van der Waals surface area contributed by atoms with E-state index in [1.807, 2.05) is 6.07 Å². The number of hydrogen-bond donors (Lipinski definition) is 1. The van der Waals surface area contributed by atoms with Crippen molar-refractivity contribution >= 4 is 0 Å². The molecule has 14 heavy (non-hydrogen) atoms. The Morgan fingerprint density at radius 1 is 1.29 bits per heavy atom. The molecule has 1 saturated heterocycles. The Balaban J connectivity index is 2.00. The summed E-state index contributed by atoms with van der Waals surface area (Å²) in [5.74, 6) is 0. The van der Waals surface area contributed by atoms with Crippen molar-refractivity contribution in [3.63, 3.8) is 0 Å². The van der Waals surface area contributed by atoms with E-state index < -0.39 is 0 Å². The van der Waals surface area contributed by atoms with Crippen LogP contribution in [0.1, 0.15) is 25.5 Å². The van der Waals surface area contributed by atoms with E-state index >= 15 is 0 Å². The average molecular weight is 191 g/mol. The Morgan fingerprint density at radius 3 is 2.50 bits per heavy atom. The van der Waals surface area contributed by atoms with Crippen molar-refractivity contribution in [2.24, 2.45) is 0 Å². The van der Waals surface area contributed by atoms with E-state index in [0.717, 1.165) is 6.61 Å². The molecule has 0 aliphatic carbocycles. The van der Waals surface area contributed by atoms with E-state index in [1.54, 1.807) is 0 Å². The molecule has 1 heterocycles. The molecule has 2 nitrogen and oxygen atoms in total. The Bertz CT molecular complexity index is 284. The summed E-state index contributed by atoms with van der Waals surface area (Å²) in [4.78, 5) is 0. The van der Waals surface area contributed by atoms with E-state index in [4.69, 9.17) is 4.74 Å². The summed E-state index contributed by atoms with van der Waals surface area (Å²) in [7, 11) is 0. The fraction of sp³-hybridized carbons (Fsp3) is 0.500. The molecule has 0 bridgehead atoms. The van der Waals surface area contributed by atoms with Crippen molar-refractivity contribution in [1.82, 2.24) is 5.32 Å². The van der Waals surface area contributed by atoms with Crippen LogP contribution in [0.2, 0.25) is 0 Å². The molecule has 76 valence electrons. The average Bonchev–Trinajstić information content (AvgIpc) is 2.14. The number of nitrogens with one attached hydrogen (secondary N) is 1. The third-order valence-corrected chi connectivity index (χ3v) is 2.50. The highest BCUT2D eigenvalue weighted by Gasteiger charge is 2.33. The predicted octanol–water partition coefficient (Wildman–Crippen LogP) is 2.12. The van der Waals surface area contributed by atoms with Crippen LogP contribution >= 0.6 is 0 Å². The molecule has 2 atom stereocenters. The van der Waals surface area contributed by atoms with Crippen molar-refractivity contribution in [3.05, 3.63) is 35.9 Å². The van der Waals surface area contributed by atoms with Gasteiger partial charge in [0.05, 0.1) is 12.6 Å². The van der Waals surface area contributed by atoms with Gasteiger partial charge in [0, 0.05) is 6.04 Å². The van der Waals surface area contributed by atoms with E-state index in [0.29, 0.717) is 12.1 Å². The summed E-state index contributed by atoms with van der Waals surface area (Å²) < 4.78 is 5.57. The van der Waals surface area contributed by atoms with Gasteiger partial charge in [0.15, 0.2) is 0 Å². The van der Waals surface area contributed by atoms with E-state index in [1.165, 1.54) is 5.56 Å². The van der Waals surface area contributed by atoms with Gasteiger partial charge in [0.2, 0.25) is 0 Å². The molecule has 1 aromatic rings. The highest BCUT2D eigenvalue weighted by atomic mass is 16.5. The maximum absolute atomic E-state index is 5.57.